The number of hydrogen-bond donors (Lipinski definition) is 0. The van der Waals surface area contributed by atoms with Crippen LogP contribution in [0.4, 0.5) is 0 Å². The van der Waals surface area contributed by atoms with Gasteiger partial charge in [-0.05, 0) is 57.9 Å². The third kappa shape index (κ3) is 2.28. The molecule has 0 amide bonds. The van der Waals surface area contributed by atoms with Crippen molar-refractivity contribution in [3.63, 3.8) is 0 Å². The van der Waals surface area contributed by atoms with Gasteiger partial charge >= 0.3 is 0 Å². The standard InChI is InChI=1S/C31H19N3/c1-2-8-23-20(7-1)13-14-21-19-22(15-16-24(21)23)34-28-11-5-3-9-25(28)26-17-18-33-29-12-6-4-10-27(29)32-31(33)30(26)34/h1-19H. The first-order valence-corrected chi connectivity index (χ1v) is 11.6. The van der Waals surface area contributed by atoms with E-state index in [1.165, 1.54) is 37.8 Å². The minimum atomic E-state index is 0.980. The monoisotopic (exact) mass is 433 g/mol. The molecule has 8 aromatic rings. The molecule has 34 heavy (non-hydrogen) atoms. The van der Waals surface area contributed by atoms with E-state index in [4.69, 9.17) is 4.98 Å². The van der Waals surface area contributed by atoms with E-state index < -0.39 is 0 Å². The number of rotatable bonds is 1. The zero-order chi connectivity index (χ0) is 22.2. The summed E-state index contributed by atoms with van der Waals surface area (Å²) in [5.41, 5.74) is 6.60. The molecule has 8 rings (SSSR count). The highest BCUT2D eigenvalue weighted by atomic mass is 15.1. The number of para-hydroxylation sites is 3. The highest BCUT2D eigenvalue weighted by molar-refractivity contribution is 6.15. The van der Waals surface area contributed by atoms with E-state index in [1.54, 1.807) is 0 Å². The van der Waals surface area contributed by atoms with Crippen LogP contribution in [0.2, 0.25) is 0 Å². The van der Waals surface area contributed by atoms with Crippen LogP contribution in [0.3, 0.4) is 0 Å². The summed E-state index contributed by atoms with van der Waals surface area (Å²) < 4.78 is 4.59. The number of nitrogens with zero attached hydrogens (tertiary/aromatic N) is 3. The summed E-state index contributed by atoms with van der Waals surface area (Å²) >= 11 is 0. The number of aromatic nitrogens is 3. The Morgan fingerprint density at radius 2 is 1.26 bits per heavy atom. The van der Waals surface area contributed by atoms with Crippen molar-refractivity contribution in [2.45, 2.75) is 0 Å². The second-order valence-corrected chi connectivity index (χ2v) is 8.92. The first kappa shape index (κ1) is 17.9. The van der Waals surface area contributed by atoms with Crippen molar-refractivity contribution in [1.82, 2.24) is 14.0 Å². The molecule has 3 heteroatoms. The average Bonchev–Trinajstić information content (AvgIpc) is 3.44. The van der Waals surface area contributed by atoms with E-state index in [2.05, 4.69) is 124 Å². The fraction of sp³-hybridized carbons (Fsp3) is 0. The lowest BCUT2D eigenvalue weighted by molar-refractivity contribution is 1.16. The molecule has 3 aromatic heterocycles. The van der Waals surface area contributed by atoms with Crippen molar-refractivity contribution >= 4 is 60.0 Å². The molecule has 158 valence electrons. The molecule has 0 aliphatic rings. The van der Waals surface area contributed by atoms with Gasteiger partial charge in [-0.25, -0.2) is 4.98 Å². The van der Waals surface area contributed by atoms with Crippen molar-refractivity contribution in [2.24, 2.45) is 0 Å². The van der Waals surface area contributed by atoms with Gasteiger partial charge in [-0.3, -0.25) is 4.40 Å². The molecule has 0 aliphatic heterocycles. The zero-order valence-electron chi connectivity index (χ0n) is 18.3. The molecule has 0 atom stereocenters. The second kappa shape index (κ2) is 6.46. The number of imidazole rings is 1. The van der Waals surface area contributed by atoms with Crippen LogP contribution < -0.4 is 0 Å². The average molecular weight is 434 g/mol. The van der Waals surface area contributed by atoms with Crippen LogP contribution in [0.15, 0.2) is 115 Å². The van der Waals surface area contributed by atoms with Crippen molar-refractivity contribution in [2.75, 3.05) is 0 Å². The molecule has 0 fully saturated rings. The van der Waals surface area contributed by atoms with E-state index >= 15 is 0 Å². The van der Waals surface area contributed by atoms with Crippen LogP contribution in [0, 0.1) is 0 Å². The number of fused-ring (bicyclic) bond motifs is 10. The molecule has 0 unspecified atom stereocenters. The first-order chi connectivity index (χ1) is 16.9. The summed E-state index contributed by atoms with van der Waals surface area (Å²) in [6.45, 7) is 0. The Labute approximate surface area is 195 Å². The summed E-state index contributed by atoms with van der Waals surface area (Å²) in [6.07, 6.45) is 2.15. The fourth-order valence-electron chi connectivity index (χ4n) is 5.57. The number of pyridine rings is 1. The lowest BCUT2D eigenvalue weighted by atomic mass is 10.0. The highest BCUT2D eigenvalue weighted by Crippen LogP contribution is 2.36. The van der Waals surface area contributed by atoms with Gasteiger partial charge in [-0.15, -0.1) is 0 Å². The van der Waals surface area contributed by atoms with Gasteiger partial charge in [0.25, 0.3) is 0 Å². The first-order valence-electron chi connectivity index (χ1n) is 11.6. The van der Waals surface area contributed by atoms with Crippen molar-refractivity contribution < 1.29 is 0 Å². The SMILES string of the molecule is c1ccc2c(c1)ccc1cc(-n3c4ccccc4c4ccn5c6ccccc6nc5c43)ccc12. The molecule has 5 aromatic carbocycles. The Hall–Kier alpha value is -4.63. The summed E-state index contributed by atoms with van der Waals surface area (Å²) in [5, 5.41) is 7.53. The summed E-state index contributed by atoms with van der Waals surface area (Å²) in [6, 6.07) is 39.1. The van der Waals surface area contributed by atoms with Gasteiger partial charge in [0.05, 0.1) is 22.1 Å². The largest absolute Gasteiger partial charge is 0.306 e. The van der Waals surface area contributed by atoms with Gasteiger partial charge in [0.2, 0.25) is 0 Å². The van der Waals surface area contributed by atoms with Gasteiger partial charge in [-0.1, -0.05) is 72.8 Å². The third-order valence-electron chi connectivity index (χ3n) is 7.10. The van der Waals surface area contributed by atoms with E-state index in [0.29, 0.717) is 0 Å². The summed E-state index contributed by atoms with van der Waals surface area (Å²) in [7, 11) is 0. The minimum Gasteiger partial charge on any atom is -0.306 e. The molecule has 0 saturated carbocycles. The van der Waals surface area contributed by atoms with Crippen LogP contribution >= 0.6 is 0 Å². The second-order valence-electron chi connectivity index (χ2n) is 8.92. The van der Waals surface area contributed by atoms with Crippen LogP contribution in [-0.2, 0) is 0 Å². The van der Waals surface area contributed by atoms with E-state index in [9.17, 15) is 0 Å². The minimum absolute atomic E-state index is 0.980. The Kier molecular flexibility index (Phi) is 3.39. The van der Waals surface area contributed by atoms with Crippen LogP contribution in [0.1, 0.15) is 0 Å². The molecule has 0 spiro atoms. The number of benzene rings is 5. The van der Waals surface area contributed by atoms with E-state index in [1.807, 2.05) is 0 Å². The topological polar surface area (TPSA) is 22.2 Å². The third-order valence-corrected chi connectivity index (χ3v) is 7.10. The predicted octanol–water partition coefficient (Wildman–Crippen LogP) is 7.89. The van der Waals surface area contributed by atoms with Crippen molar-refractivity contribution in [3.05, 3.63) is 115 Å². The Morgan fingerprint density at radius 1 is 0.529 bits per heavy atom. The van der Waals surface area contributed by atoms with Crippen molar-refractivity contribution in [1.29, 1.82) is 0 Å². The lowest BCUT2D eigenvalue weighted by Crippen LogP contribution is -1.96. The molecule has 0 N–H and O–H groups in total. The zero-order valence-corrected chi connectivity index (χ0v) is 18.3. The lowest BCUT2D eigenvalue weighted by Gasteiger charge is -2.11. The smallest absolute Gasteiger partial charge is 0.162 e. The Morgan fingerprint density at radius 3 is 2.21 bits per heavy atom. The molecule has 0 saturated heterocycles. The Balaban J connectivity index is 1.54. The molecule has 0 bridgehead atoms. The normalized spacial score (nSPS) is 12.1. The van der Waals surface area contributed by atoms with Crippen LogP contribution in [0.25, 0.3) is 65.7 Å². The highest BCUT2D eigenvalue weighted by Gasteiger charge is 2.17. The van der Waals surface area contributed by atoms with Crippen LogP contribution in [-0.4, -0.2) is 14.0 Å². The molecule has 0 aliphatic carbocycles. The summed E-state index contributed by atoms with van der Waals surface area (Å²) in [4.78, 5) is 5.07. The molecular formula is C31H19N3. The maximum atomic E-state index is 5.07. The fourth-order valence-corrected chi connectivity index (χ4v) is 5.57. The number of hydrogen-bond acceptors (Lipinski definition) is 1. The Bertz CT molecular complexity index is 2070. The quantitative estimate of drug-likeness (QED) is 0.241. The maximum Gasteiger partial charge on any atom is 0.162 e. The van der Waals surface area contributed by atoms with Gasteiger partial charge in [0, 0.05) is 22.7 Å². The predicted molar refractivity (Wildman–Crippen MR) is 142 cm³/mol. The maximum absolute atomic E-state index is 5.07. The summed E-state index contributed by atoms with van der Waals surface area (Å²) in [5.74, 6) is 0. The molecule has 3 nitrogen and oxygen atoms in total. The van der Waals surface area contributed by atoms with E-state index in [-0.39, 0.29) is 0 Å². The van der Waals surface area contributed by atoms with Crippen LogP contribution in [0.5, 0.6) is 0 Å². The van der Waals surface area contributed by atoms with Gasteiger partial charge in [0.15, 0.2) is 5.65 Å². The molecular weight excluding hydrogens is 414 g/mol. The molecule has 0 radical (unpaired) electrons. The molecule has 3 heterocycles. The van der Waals surface area contributed by atoms with Gasteiger partial charge in [0.1, 0.15) is 0 Å². The van der Waals surface area contributed by atoms with Gasteiger partial charge in [-0.2, -0.15) is 0 Å². The van der Waals surface area contributed by atoms with Crippen molar-refractivity contribution in [3.8, 4) is 5.69 Å². The van der Waals surface area contributed by atoms with Gasteiger partial charge < -0.3 is 4.57 Å². The van der Waals surface area contributed by atoms with E-state index in [0.717, 1.165) is 27.9 Å².